The molecule has 8 nitrogen and oxygen atoms in total. The number of hydrogen-bond acceptors (Lipinski definition) is 6. The third kappa shape index (κ3) is 3.69. The number of H-pyrrole nitrogens is 1. The van der Waals surface area contributed by atoms with Crippen LogP contribution in [0.15, 0.2) is 15.6 Å². The molecule has 0 radical (unpaired) electrons. The average molecular weight is 313 g/mol. The number of nitrogens with one attached hydrogen (secondary N) is 3. The fourth-order valence-corrected chi connectivity index (χ4v) is 3.03. The Bertz CT molecular complexity index is 704. The molecule has 116 valence electrons. The summed E-state index contributed by atoms with van der Waals surface area (Å²) in [5.74, 6) is 0.455. The predicted octanol–water partition coefficient (Wildman–Crippen LogP) is 0.603. The highest BCUT2D eigenvalue weighted by Crippen LogP contribution is 2.16. The van der Waals surface area contributed by atoms with Crippen LogP contribution in [-0.4, -0.2) is 30.3 Å². The lowest BCUT2D eigenvalue weighted by atomic mass is 10.2. The van der Waals surface area contributed by atoms with E-state index in [-0.39, 0.29) is 11.6 Å². The molecular weight excluding hydrogens is 294 g/mol. The van der Waals surface area contributed by atoms with Gasteiger partial charge in [-0.05, 0) is 20.4 Å². The van der Waals surface area contributed by atoms with Crippen molar-refractivity contribution >= 4 is 10.0 Å². The highest BCUT2D eigenvalue weighted by atomic mass is 32.2. The molecule has 3 N–H and O–H groups in total. The van der Waals surface area contributed by atoms with Crippen LogP contribution in [0.5, 0.6) is 0 Å². The van der Waals surface area contributed by atoms with Crippen molar-refractivity contribution in [3.05, 3.63) is 28.8 Å². The Morgan fingerprint density at radius 1 is 1.33 bits per heavy atom. The maximum Gasteiger partial charge on any atom is 0.260 e. The molecule has 0 bridgehead atoms. The number of hydrogen-bond donors (Lipinski definition) is 3. The van der Waals surface area contributed by atoms with Crippen molar-refractivity contribution in [1.82, 2.24) is 25.4 Å². The standard InChI is InChI=1S/C12H19N5O3S/c1-4-13-7-11-9(3)15-16-12(11)21(18,19)14-6-10-5-8(2)17-20-10/h5,13-14H,4,6-7H2,1-3H3,(H,15,16). The molecule has 0 aromatic carbocycles. The van der Waals surface area contributed by atoms with Crippen molar-refractivity contribution in [2.45, 2.75) is 38.9 Å². The average Bonchev–Trinajstić information content (AvgIpc) is 3.01. The lowest BCUT2D eigenvalue weighted by molar-refractivity contribution is 0.377. The molecule has 0 amide bonds. The molecular formula is C12H19N5O3S. The van der Waals surface area contributed by atoms with E-state index in [0.717, 1.165) is 12.2 Å². The largest absolute Gasteiger partial charge is 0.360 e. The Labute approximate surface area is 123 Å². The van der Waals surface area contributed by atoms with Gasteiger partial charge in [0.25, 0.3) is 10.0 Å². The second-order valence-corrected chi connectivity index (χ2v) is 6.35. The van der Waals surface area contributed by atoms with Crippen LogP contribution in [0, 0.1) is 13.8 Å². The van der Waals surface area contributed by atoms with Gasteiger partial charge in [0.1, 0.15) is 0 Å². The molecule has 2 rings (SSSR count). The fourth-order valence-electron chi connectivity index (χ4n) is 1.84. The van der Waals surface area contributed by atoms with E-state index >= 15 is 0 Å². The van der Waals surface area contributed by atoms with E-state index in [2.05, 4.69) is 25.4 Å². The minimum atomic E-state index is -3.71. The topological polar surface area (TPSA) is 113 Å². The monoisotopic (exact) mass is 313 g/mol. The van der Waals surface area contributed by atoms with Crippen LogP contribution in [0.4, 0.5) is 0 Å². The number of rotatable bonds is 7. The number of nitrogens with zero attached hydrogens (tertiary/aromatic N) is 2. The van der Waals surface area contributed by atoms with Gasteiger partial charge in [-0.1, -0.05) is 12.1 Å². The maximum absolute atomic E-state index is 12.3. The fraction of sp³-hybridized carbons (Fsp3) is 0.500. The molecule has 0 spiro atoms. The van der Waals surface area contributed by atoms with Gasteiger partial charge >= 0.3 is 0 Å². The van der Waals surface area contributed by atoms with Gasteiger partial charge in [-0.2, -0.15) is 5.10 Å². The SMILES string of the molecule is CCNCc1c(S(=O)(=O)NCc2cc(C)no2)n[nH]c1C. The predicted molar refractivity (Wildman–Crippen MR) is 76.0 cm³/mol. The molecule has 2 heterocycles. The number of aromatic nitrogens is 3. The molecule has 2 aromatic heterocycles. The number of sulfonamides is 1. The molecule has 0 aliphatic heterocycles. The van der Waals surface area contributed by atoms with Crippen molar-refractivity contribution in [2.24, 2.45) is 0 Å². The summed E-state index contributed by atoms with van der Waals surface area (Å²) < 4.78 is 32.1. The zero-order valence-corrected chi connectivity index (χ0v) is 13.0. The summed E-state index contributed by atoms with van der Waals surface area (Å²) in [7, 11) is -3.71. The molecule has 0 aliphatic carbocycles. The Morgan fingerprint density at radius 2 is 2.10 bits per heavy atom. The second-order valence-electron chi connectivity index (χ2n) is 4.67. The summed E-state index contributed by atoms with van der Waals surface area (Å²) in [5.41, 5.74) is 2.07. The zero-order valence-electron chi connectivity index (χ0n) is 12.2. The van der Waals surface area contributed by atoms with Crippen molar-refractivity contribution in [3.8, 4) is 0 Å². The second kappa shape index (κ2) is 6.37. The molecule has 2 aromatic rings. The zero-order chi connectivity index (χ0) is 15.5. The first kappa shape index (κ1) is 15.7. The van der Waals surface area contributed by atoms with Gasteiger partial charge in [-0.3, -0.25) is 5.10 Å². The van der Waals surface area contributed by atoms with E-state index < -0.39 is 10.0 Å². The van der Waals surface area contributed by atoms with E-state index in [1.165, 1.54) is 0 Å². The first-order valence-corrected chi connectivity index (χ1v) is 8.08. The Balaban J connectivity index is 2.15. The summed E-state index contributed by atoms with van der Waals surface area (Å²) >= 11 is 0. The van der Waals surface area contributed by atoms with Crippen LogP contribution >= 0.6 is 0 Å². The van der Waals surface area contributed by atoms with Crippen LogP contribution in [0.3, 0.4) is 0 Å². The minimum absolute atomic E-state index is 0.0113. The quantitative estimate of drug-likeness (QED) is 0.690. The van der Waals surface area contributed by atoms with Crippen LogP contribution < -0.4 is 10.0 Å². The Hall–Kier alpha value is -1.71. The third-order valence-electron chi connectivity index (χ3n) is 2.96. The smallest absolute Gasteiger partial charge is 0.260 e. The van der Waals surface area contributed by atoms with E-state index in [1.807, 2.05) is 6.92 Å². The summed E-state index contributed by atoms with van der Waals surface area (Å²) in [4.78, 5) is 0. The first-order chi connectivity index (χ1) is 9.94. The first-order valence-electron chi connectivity index (χ1n) is 6.60. The van der Waals surface area contributed by atoms with E-state index in [0.29, 0.717) is 23.6 Å². The number of aromatic amines is 1. The van der Waals surface area contributed by atoms with Crippen molar-refractivity contribution in [2.75, 3.05) is 6.54 Å². The summed E-state index contributed by atoms with van der Waals surface area (Å²) in [6.07, 6.45) is 0. The van der Waals surface area contributed by atoms with Crippen LogP contribution in [0.1, 0.15) is 29.6 Å². The van der Waals surface area contributed by atoms with Crippen LogP contribution in [-0.2, 0) is 23.1 Å². The maximum atomic E-state index is 12.3. The summed E-state index contributed by atoms with van der Waals surface area (Å²) in [6.45, 7) is 6.74. The molecule has 0 aliphatic rings. The van der Waals surface area contributed by atoms with E-state index in [9.17, 15) is 8.42 Å². The molecule has 0 atom stereocenters. The van der Waals surface area contributed by atoms with Gasteiger partial charge in [0.15, 0.2) is 10.8 Å². The van der Waals surface area contributed by atoms with Crippen LogP contribution in [0.2, 0.25) is 0 Å². The van der Waals surface area contributed by atoms with Gasteiger partial charge in [-0.15, -0.1) is 0 Å². The molecule has 21 heavy (non-hydrogen) atoms. The Kier molecular flexibility index (Phi) is 4.76. The summed E-state index contributed by atoms with van der Waals surface area (Å²) in [6, 6.07) is 1.68. The number of aryl methyl sites for hydroxylation is 2. The van der Waals surface area contributed by atoms with Gasteiger partial charge < -0.3 is 9.84 Å². The molecule has 0 unspecified atom stereocenters. The van der Waals surface area contributed by atoms with E-state index in [1.54, 1.807) is 19.9 Å². The third-order valence-corrected chi connectivity index (χ3v) is 4.33. The van der Waals surface area contributed by atoms with Gasteiger partial charge in [-0.25, -0.2) is 13.1 Å². The highest BCUT2D eigenvalue weighted by Gasteiger charge is 2.23. The van der Waals surface area contributed by atoms with Crippen LogP contribution in [0.25, 0.3) is 0 Å². The molecule has 0 saturated carbocycles. The lowest BCUT2D eigenvalue weighted by Crippen LogP contribution is -2.25. The Morgan fingerprint density at radius 3 is 2.71 bits per heavy atom. The van der Waals surface area contributed by atoms with Crippen molar-refractivity contribution in [3.63, 3.8) is 0 Å². The normalized spacial score (nSPS) is 12.0. The lowest BCUT2D eigenvalue weighted by Gasteiger charge is -2.06. The molecule has 0 saturated heterocycles. The molecule has 9 heteroatoms. The van der Waals surface area contributed by atoms with E-state index in [4.69, 9.17) is 4.52 Å². The summed E-state index contributed by atoms with van der Waals surface area (Å²) in [5, 5.41) is 13.4. The van der Waals surface area contributed by atoms with Gasteiger partial charge in [0.2, 0.25) is 0 Å². The van der Waals surface area contributed by atoms with Gasteiger partial charge in [0.05, 0.1) is 12.2 Å². The van der Waals surface area contributed by atoms with Crippen molar-refractivity contribution in [1.29, 1.82) is 0 Å². The van der Waals surface area contributed by atoms with Gasteiger partial charge in [0, 0.05) is 23.9 Å². The highest BCUT2D eigenvalue weighted by molar-refractivity contribution is 7.89. The minimum Gasteiger partial charge on any atom is -0.360 e. The van der Waals surface area contributed by atoms with Crippen molar-refractivity contribution < 1.29 is 12.9 Å². The molecule has 0 fully saturated rings.